The molecule has 0 aromatic carbocycles. The van der Waals surface area contributed by atoms with Gasteiger partial charge in [0.2, 0.25) is 0 Å². The Bertz CT molecular complexity index is 154. The van der Waals surface area contributed by atoms with Crippen LogP contribution in [0.1, 0.15) is 33.6 Å². The van der Waals surface area contributed by atoms with Crippen LogP contribution in [0.4, 0.5) is 0 Å². The van der Waals surface area contributed by atoms with E-state index in [1.165, 1.54) is 0 Å². The molecule has 0 bridgehead atoms. The highest BCUT2D eigenvalue weighted by molar-refractivity contribution is 6.67. The Morgan fingerprint density at radius 2 is 1.65 bits per heavy atom. The van der Waals surface area contributed by atoms with Gasteiger partial charge in [-0.2, -0.15) is 0 Å². The van der Waals surface area contributed by atoms with E-state index in [0.717, 1.165) is 57.8 Å². The summed E-state index contributed by atoms with van der Waals surface area (Å²) in [6, 6.07) is 2.13. The highest BCUT2D eigenvalue weighted by Crippen LogP contribution is 2.20. The third kappa shape index (κ3) is 7.89. The molecule has 0 aliphatic carbocycles. The van der Waals surface area contributed by atoms with Gasteiger partial charge in [0, 0.05) is 19.3 Å². The van der Waals surface area contributed by atoms with Gasteiger partial charge >= 0.3 is 8.56 Å². The summed E-state index contributed by atoms with van der Waals surface area (Å²) in [5.74, 6) is 0. The highest BCUT2D eigenvalue weighted by Gasteiger charge is 2.35. The lowest BCUT2D eigenvalue weighted by atomic mass is 10.4. The topological polar surface area (TPSA) is 56.5 Å². The van der Waals surface area contributed by atoms with E-state index in [1.807, 2.05) is 0 Å². The van der Waals surface area contributed by atoms with Crippen LogP contribution in [0.5, 0.6) is 0 Å². The molecule has 0 unspecified atom stereocenters. The van der Waals surface area contributed by atoms with Crippen molar-refractivity contribution in [2.45, 2.75) is 45.7 Å². The predicted octanol–water partition coefficient (Wildman–Crippen LogP) is 1.85. The molecule has 0 saturated heterocycles. The molecule has 0 radical (unpaired) electrons. The first kappa shape index (κ1) is 17.1. The molecule has 0 spiro atoms. The third-order valence-electron chi connectivity index (χ3n) is 2.69. The van der Waals surface area contributed by atoms with Crippen LogP contribution in [0, 0.1) is 0 Å². The quantitative estimate of drug-likeness (QED) is 0.416. The van der Waals surface area contributed by atoms with Crippen molar-refractivity contribution in [2.75, 3.05) is 32.8 Å². The fourth-order valence-electron chi connectivity index (χ4n) is 1.99. The minimum absolute atomic E-state index is 0.751. The molecule has 0 rings (SSSR count). The number of hydrogen-bond donors (Lipinski definition) is 2. The molecule has 17 heavy (non-hydrogen) atoms. The van der Waals surface area contributed by atoms with Gasteiger partial charge in [0.1, 0.15) is 0 Å². The fraction of sp³-hybridized carbons (Fsp3) is 1.00. The van der Waals surface area contributed by atoms with Crippen molar-refractivity contribution in [2.24, 2.45) is 5.73 Å². The summed E-state index contributed by atoms with van der Waals surface area (Å²) in [5.41, 5.74) is 5.46. The summed E-state index contributed by atoms with van der Waals surface area (Å²) in [6.07, 6.45) is 2.17. The summed E-state index contributed by atoms with van der Waals surface area (Å²) in [7, 11) is -1.95. The molecule has 0 aliphatic heterocycles. The number of nitrogens with two attached hydrogens (primary N) is 1. The number of nitrogens with one attached hydrogen (secondary N) is 1. The third-order valence-corrected chi connectivity index (χ3v) is 6.59. The molecule has 4 nitrogen and oxygen atoms in total. The molecular formula is C12H30N2O2Si. The Morgan fingerprint density at radius 1 is 1.00 bits per heavy atom. The van der Waals surface area contributed by atoms with Crippen molar-refractivity contribution in [3.05, 3.63) is 0 Å². The molecule has 0 atom stereocenters. The van der Waals surface area contributed by atoms with Gasteiger partial charge in [-0.25, -0.2) is 0 Å². The van der Waals surface area contributed by atoms with Crippen LogP contribution in [0.3, 0.4) is 0 Å². The second-order valence-corrected chi connectivity index (χ2v) is 7.57. The van der Waals surface area contributed by atoms with Crippen molar-refractivity contribution in [1.29, 1.82) is 0 Å². The lowest BCUT2D eigenvalue weighted by molar-refractivity contribution is 0.181. The predicted molar refractivity (Wildman–Crippen MR) is 75.5 cm³/mol. The Labute approximate surface area is 107 Å². The average Bonchev–Trinajstić information content (AvgIpc) is 2.30. The van der Waals surface area contributed by atoms with E-state index >= 15 is 0 Å². The van der Waals surface area contributed by atoms with Gasteiger partial charge in [-0.05, 0) is 45.9 Å². The summed E-state index contributed by atoms with van der Waals surface area (Å²) >= 11 is 0. The van der Waals surface area contributed by atoms with Crippen molar-refractivity contribution in [1.82, 2.24) is 5.32 Å². The second kappa shape index (κ2) is 11.2. The summed E-state index contributed by atoms with van der Waals surface area (Å²) in [4.78, 5) is 0. The van der Waals surface area contributed by atoms with E-state index in [1.54, 1.807) is 0 Å². The zero-order chi connectivity index (χ0) is 13.0. The highest BCUT2D eigenvalue weighted by atomic mass is 28.4. The maximum atomic E-state index is 5.97. The first-order chi connectivity index (χ1) is 8.24. The molecule has 104 valence electrons. The van der Waals surface area contributed by atoms with Crippen LogP contribution in [-0.2, 0) is 8.85 Å². The van der Waals surface area contributed by atoms with Gasteiger partial charge < -0.3 is 19.9 Å². The first-order valence-corrected chi connectivity index (χ1v) is 9.16. The first-order valence-electron chi connectivity index (χ1n) is 6.93. The number of hydrogen-bond acceptors (Lipinski definition) is 4. The van der Waals surface area contributed by atoms with Crippen molar-refractivity contribution in [3.8, 4) is 0 Å². The van der Waals surface area contributed by atoms with Crippen LogP contribution in [0.15, 0.2) is 0 Å². The van der Waals surface area contributed by atoms with Crippen molar-refractivity contribution >= 4 is 8.56 Å². The number of rotatable bonds is 12. The molecule has 0 fully saturated rings. The van der Waals surface area contributed by atoms with Crippen LogP contribution >= 0.6 is 0 Å². The largest absolute Gasteiger partial charge is 0.394 e. The van der Waals surface area contributed by atoms with Crippen LogP contribution in [-0.4, -0.2) is 41.4 Å². The van der Waals surface area contributed by atoms with E-state index < -0.39 is 8.56 Å². The van der Waals surface area contributed by atoms with Crippen LogP contribution in [0.25, 0.3) is 0 Å². The van der Waals surface area contributed by atoms with E-state index in [9.17, 15) is 0 Å². The van der Waals surface area contributed by atoms with Crippen LogP contribution < -0.4 is 11.1 Å². The van der Waals surface area contributed by atoms with Gasteiger partial charge in [0.15, 0.2) is 0 Å². The Balaban J connectivity index is 4.05. The molecule has 0 heterocycles. The van der Waals surface area contributed by atoms with E-state index in [-0.39, 0.29) is 0 Å². The lowest BCUT2D eigenvalue weighted by Crippen LogP contribution is -2.44. The van der Waals surface area contributed by atoms with Gasteiger partial charge in [0.25, 0.3) is 0 Å². The molecular weight excluding hydrogens is 232 g/mol. The minimum atomic E-state index is -1.95. The van der Waals surface area contributed by atoms with E-state index in [0.29, 0.717) is 0 Å². The molecule has 0 aromatic heterocycles. The molecule has 0 amide bonds. The zero-order valence-electron chi connectivity index (χ0n) is 11.8. The summed E-state index contributed by atoms with van der Waals surface area (Å²) in [5, 5.41) is 3.41. The Hall–Kier alpha value is 0.0569. The monoisotopic (exact) mass is 262 g/mol. The lowest BCUT2D eigenvalue weighted by Gasteiger charge is -2.30. The molecule has 0 aliphatic rings. The molecule has 3 N–H and O–H groups in total. The standard InChI is InChI=1S/C12H30N2O2Si/c1-4-11-17(15-5-2,16-6-3)12-10-14-9-7-8-13/h14H,4-13H2,1-3H3. The van der Waals surface area contributed by atoms with Gasteiger partial charge in [-0.1, -0.05) is 13.3 Å². The minimum Gasteiger partial charge on any atom is -0.394 e. The van der Waals surface area contributed by atoms with Gasteiger partial charge in [-0.3, -0.25) is 0 Å². The van der Waals surface area contributed by atoms with Gasteiger partial charge in [0.05, 0.1) is 0 Å². The van der Waals surface area contributed by atoms with Crippen molar-refractivity contribution in [3.63, 3.8) is 0 Å². The Morgan fingerprint density at radius 3 is 2.12 bits per heavy atom. The fourth-order valence-corrected chi connectivity index (χ4v) is 5.28. The maximum Gasteiger partial charge on any atom is 0.339 e. The Kier molecular flexibility index (Phi) is 11.2. The zero-order valence-corrected chi connectivity index (χ0v) is 12.8. The second-order valence-electron chi connectivity index (χ2n) is 4.17. The molecule has 5 heteroatoms. The SMILES string of the molecule is CCC[Si](CCNCCCN)(OCC)OCC. The summed E-state index contributed by atoms with van der Waals surface area (Å²) in [6.45, 7) is 10.5. The summed E-state index contributed by atoms with van der Waals surface area (Å²) < 4.78 is 11.9. The normalized spacial score (nSPS) is 12.0. The average molecular weight is 262 g/mol. The maximum absolute atomic E-state index is 5.97. The van der Waals surface area contributed by atoms with Crippen LogP contribution in [0.2, 0.25) is 12.1 Å². The van der Waals surface area contributed by atoms with Crippen molar-refractivity contribution < 1.29 is 8.85 Å². The molecule has 0 aromatic rings. The van der Waals surface area contributed by atoms with Gasteiger partial charge in [-0.15, -0.1) is 0 Å². The van der Waals surface area contributed by atoms with E-state index in [2.05, 4.69) is 26.1 Å². The smallest absolute Gasteiger partial charge is 0.339 e. The molecule has 0 saturated carbocycles. The van der Waals surface area contributed by atoms with E-state index in [4.69, 9.17) is 14.6 Å².